The number of hydrogen-bond acceptors (Lipinski definition) is 2. The molecule has 2 heteroatoms. The van der Waals surface area contributed by atoms with Crippen molar-refractivity contribution in [2.45, 2.75) is 39.0 Å². The van der Waals surface area contributed by atoms with E-state index in [4.69, 9.17) is 5.11 Å². The van der Waals surface area contributed by atoms with Crippen molar-refractivity contribution in [2.24, 2.45) is 5.92 Å². The summed E-state index contributed by atoms with van der Waals surface area (Å²) in [4.78, 5) is 0. The SMILES string of the molecule is CCC(C)CCSC(C)O. The van der Waals surface area contributed by atoms with Crippen LogP contribution in [0.2, 0.25) is 0 Å². The summed E-state index contributed by atoms with van der Waals surface area (Å²) in [7, 11) is 0. The fourth-order valence-corrected chi connectivity index (χ4v) is 1.52. The van der Waals surface area contributed by atoms with Crippen molar-refractivity contribution in [1.82, 2.24) is 0 Å². The van der Waals surface area contributed by atoms with Crippen molar-refractivity contribution in [3.8, 4) is 0 Å². The van der Waals surface area contributed by atoms with Gasteiger partial charge in [-0.15, -0.1) is 11.8 Å². The zero-order chi connectivity index (χ0) is 7.98. The highest BCUT2D eigenvalue weighted by Crippen LogP contribution is 2.14. The first-order chi connectivity index (χ1) is 4.66. The number of rotatable bonds is 5. The number of aliphatic hydroxyl groups is 1. The van der Waals surface area contributed by atoms with Gasteiger partial charge in [-0.1, -0.05) is 20.3 Å². The lowest BCUT2D eigenvalue weighted by molar-refractivity contribution is 0.283. The Bertz CT molecular complexity index is 73.7. The van der Waals surface area contributed by atoms with E-state index in [0.29, 0.717) is 0 Å². The Balaban J connectivity index is 3.03. The summed E-state index contributed by atoms with van der Waals surface area (Å²) in [5, 5.41) is 8.90. The van der Waals surface area contributed by atoms with E-state index in [-0.39, 0.29) is 5.44 Å². The Labute approximate surface area is 68.2 Å². The Kier molecular flexibility index (Phi) is 6.24. The molecular weight excluding hydrogens is 144 g/mol. The van der Waals surface area contributed by atoms with Crippen LogP contribution >= 0.6 is 11.8 Å². The van der Waals surface area contributed by atoms with Gasteiger partial charge in [0.25, 0.3) is 0 Å². The van der Waals surface area contributed by atoms with Crippen LogP contribution in [0, 0.1) is 5.92 Å². The summed E-state index contributed by atoms with van der Waals surface area (Å²) in [6.45, 7) is 6.28. The molecule has 0 bridgehead atoms. The van der Waals surface area contributed by atoms with Crippen LogP contribution in [-0.2, 0) is 0 Å². The molecule has 0 amide bonds. The van der Waals surface area contributed by atoms with E-state index < -0.39 is 0 Å². The molecule has 0 aromatic heterocycles. The number of thioether (sulfide) groups is 1. The molecule has 1 N–H and O–H groups in total. The molecule has 1 nitrogen and oxygen atoms in total. The van der Waals surface area contributed by atoms with Gasteiger partial charge in [0.1, 0.15) is 0 Å². The quantitative estimate of drug-likeness (QED) is 0.627. The minimum atomic E-state index is -0.191. The van der Waals surface area contributed by atoms with Gasteiger partial charge in [-0.05, 0) is 25.0 Å². The Hall–Kier alpha value is 0.310. The molecule has 0 radical (unpaired) electrons. The monoisotopic (exact) mass is 162 g/mol. The zero-order valence-electron chi connectivity index (χ0n) is 7.13. The van der Waals surface area contributed by atoms with E-state index >= 15 is 0 Å². The molecule has 0 saturated carbocycles. The lowest BCUT2D eigenvalue weighted by Crippen LogP contribution is -1.98. The van der Waals surface area contributed by atoms with Crippen molar-refractivity contribution in [2.75, 3.05) is 5.75 Å². The third-order valence-corrected chi connectivity index (χ3v) is 2.62. The highest BCUT2D eigenvalue weighted by Gasteiger charge is 2.00. The molecule has 0 aliphatic carbocycles. The first-order valence-electron chi connectivity index (χ1n) is 3.96. The molecule has 0 aromatic carbocycles. The molecule has 0 aliphatic rings. The van der Waals surface area contributed by atoms with Gasteiger partial charge in [-0.2, -0.15) is 0 Å². The minimum Gasteiger partial charge on any atom is -0.383 e. The van der Waals surface area contributed by atoms with Gasteiger partial charge in [0.15, 0.2) is 0 Å². The van der Waals surface area contributed by atoms with Gasteiger partial charge in [-0.25, -0.2) is 0 Å². The van der Waals surface area contributed by atoms with Gasteiger partial charge in [0.2, 0.25) is 0 Å². The van der Waals surface area contributed by atoms with Crippen LogP contribution in [0.15, 0.2) is 0 Å². The smallest absolute Gasteiger partial charge is 0.0964 e. The molecular formula is C8H18OS. The minimum absolute atomic E-state index is 0.191. The molecule has 2 unspecified atom stereocenters. The third-order valence-electron chi connectivity index (χ3n) is 1.67. The molecule has 62 valence electrons. The van der Waals surface area contributed by atoms with Gasteiger partial charge in [0.05, 0.1) is 5.44 Å². The van der Waals surface area contributed by atoms with Crippen molar-refractivity contribution >= 4 is 11.8 Å². The summed E-state index contributed by atoms with van der Waals surface area (Å²) in [6, 6.07) is 0. The first kappa shape index (κ1) is 10.3. The standard InChI is InChI=1S/C8H18OS/c1-4-7(2)5-6-10-8(3)9/h7-9H,4-6H2,1-3H3. The lowest BCUT2D eigenvalue weighted by atomic mass is 10.1. The summed E-state index contributed by atoms with van der Waals surface area (Å²) < 4.78 is 0. The second kappa shape index (κ2) is 6.05. The zero-order valence-corrected chi connectivity index (χ0v) is 7.95. The van der Waals surface area contributed by atoms with Crippen LogP contribution in [0.25, 0.3) is 0 Å². The van der Waals surface area contributed by atoms with E-state index in [1.54, 1.807) is 11.8 Å². The fourth-order valence-electron chi connectivity index (χ4n) is 0.644. The topological polar surface area (TPSA) is 20.2 Å². The van der Waals surface area contributed by atoms with Gasteiger partial charge in [0, 0.05) is 0 Å². The second-order valence-electron chi connectivity index (χ2n) is 2.77. The average Bonchev–Trinajstić information content (AvgIpc) is 1.87. The number of hydrogen-bond donors (Lipinski definition) is 1. The Morgan fingerprint density at radius 1 is 1.40 bits per heavy atom. The predicted octanol–water partition coefficient (Wildman–Crippen LogP) is 2.49. The highest BCUT2D eigenvalue weighted by atomic mass is 32.2. The van der Waals surface area contributed by atoms with Crippen LogP contribution in [0.5, 0.6) is 0 Å². The lowest BCUT2D eigenvalue weighted by Gasteiger charge is -2.08. The van der Waals surface area contributed by atoms with Crippen molar-refractivity contribution < 1.29 is 5.11 Å². The molecule has 0 saturated heterocycles. The van der Waals surface area contributed by atoms with Crippen LogP contribution in [0.4, 0.5) is 0 Å². The van der Waals surface area contributed by atoms with Crippen LogP contribution in [0.1, 0.15) is 33.6 Å². The molecule has 0 heterocycles. The maximum Gasteiger partial charge on any atom is 0.0964 e. The van der Waals surface area contributed by atoms with E-state index in [9.17, 15) is 0 Å². The molecule has 0 aliphatic heterocycles. The van der Waals surface area contributed by atoms with Crippen LogP contribution < -0.4 is 0 Å². The van der Waals surface area contributed by atoms with E-state index in [1.165, 1.54) is 12.8 Å². The molecule has 10 heavy (non-hydrogen) atoms. The summed E-state index contributed by atoms with van der Waals surface area (Å²) >= 11 is 1.63. The molecule has 0 fully saturated rings. The highest BCUT2D eigenvalue weighted by molar-refractivity contribution is 7.99. The molecule has 0 spiro atoms. The maximum atomic E-state index is 8.90. The van der Waals surface area contributed by atoms with Gasteiger partial charge >= 0.3 is 0 Å². The normalized spacial score (nSPS) is 16.8. The maximum absolute atomic E-state index is 8.90. The van der Waals surface area contributed by atoms with Crippen LogP contribution in [-0.4, -0.2) is 16.3 Å². The van der Waals surface area contributed by atoms with Crippen molar-refractivity contribution in [3.63, 3.8) is 0 Å². The van der Waals surface area contributed by atoms with Gasteiger partial charge in [-0.3, -0.25) is 0 Å². The van der Waals surface area contributed by atoms with Crippen molar-refractivity contribution in [1.29, 1.82) is 0 Å². The number of aliphatic hydroxyl groups excluding tert-OH is 1. The summed E-state index contributed by atoms with van der Waals surface area (Å²) in [6.07, 6.45) is 2.48. The van der Waals surface area contributed by atoms with E-state index in [2.05, 4.69) is 13.8 Å². The summed E-state index contributed by atoms with van der Waals surface area (Å²) in [5.74, 6) is 1.90. The fraction of sp³-hybridized carbons (Fsp3) is 1.00. The second-order valence-corrected chi connectivity index (χ2v) is 4.20. The molecule has 0 rings (SSSR count). The van der Waals surface area contributed by atoms with E-state index in [1.807, 2.05) is 6.92 Å². The third kappa shape index (κ3) is 6.43. The molecule has 2 atom stereocenters. The van der Waals surface area contributed by atoms with Gasteiger partial charge < -0.3 is 5.11 Å². The van der Waals surface area contributed by atoms with Crippen molar-refractivity contribution in [3.05, 3.63) is 0 Å². The summed E-state index contributed by atoms with van der Waals surface area (Å²) in [5.41, 5.74) is -0.191. The molecule has 0 aromatic rings. The van der Waals surface area contributed by atoms with E-state index in [0.717, 1.165) is 11.7 Å². The Morgan fingerprint density at radius 3 is 2.40 bits per heavy atom. The predicted molar refractivity (Wildman–Crippen MR) is 48.2 cm³/mol. The van der Waals surface area contributed by atoms with Crippen LogP contribution in [0.3, 0.4) is 0 Å². The Morgan fingerprint density at radius 2 is 2.00 bits per heavy atom. The first-order valence-corrected chi connectivity index (χ1v) is 5.01. The largest absolute Gasteiger partial charge is 0.383 e. The average molecular weight is 162 g/mol.